The van der Waals surface area contributed by atoms with Gasteiger partial charge in [0, 0.05) is 12.0 Å². The molecule has 0 unspecified atom stereocenters. The van der Waals surface area contributed by atoms with Crippen LogP contribution in [-0.4, -0.2) is 5.78 Å². The average molecular weight is 275 g/mol. The molecule has 98 valence electrons. The van der Waals surface area contributed by atoms with Crippen LogP contribution in [0.4, 0.5) is 0 Å². The third-order valence-corrected chi connectivity index (χ3v) is 3.12. The zero-order valence-corrected chi connectivity index (χ0v) is 11.7. The van der Waals surface area contributed by atoms with Crippen LogP contribution in [0, 0.1) is 6.92 Å². The maximum atomic E-state index is 11.5. The molecule has 0 aliphatic rings. The van der Waals surface area contributed by atoms with Gasteiger partial charge in [-0.1, -0.05) is 24.6 Å². The maximum Gasteiger partial charge on any atom is 0.162 e. The lowest BCUT2D eigenvalue weighted by Crippen LogP contribution is -1.95. The van der Waals surface area contributed by atoms with Gasteiger partial charge in [-0.2, -0.15) is 0 Å². The molecule has 19 heavy (non-hydrogen) atoms. The van der Waals surface area contributed by atoms with E-state index in [1.807, 2.05) is 26.0 Å². The first kappa shape index (κ1) is 13.6. The standard InChI is InChI=1S/C16H15ClO2/c1-3-15(18)12-5-7-13(8-6-12)19-16-10-11(2)4-9-14(16)17/h4-10H,3H2,1-2H3. The molecule has 0 atom stereocenters. The van der Waals surface area contributed by atoms with Crippen molar-refractivity contribution in [2.24, 2.45) is 0 Å². The quantitative estimate of drug-likeness (QED) is 0.731. The van der Waals surface area contributed by atoms with E-state index in [9.17, 15) is 4.79 Å². The summed E-state index contributed by atoms with van der Waals surface area (Å²) in [5.74, 6) is 1.41. The molecule has 3 heteroatoms. The number of ketones is 1. The van der Waals surface area contributed by atoms with Gasteiger partial charge in [0.15, 0.2) is 5.78 Å². The molecule has 0 heterocycles. The van der Waals surface area contributed by atoms with Crippen molar-refractivity contribution in [3.05, 3.63) is 58.6 Å². The van der Waals surface area contributed by atoms with E-state index in [-0.39, 0.29) is 5.78 Å². The predicted molar refractivity (Wildman–Crippen MR) is 77.3 cm³/mol. The van der Waals surface area contributed by atoms with Gasteiger partial charge in [0.1, 0.15) is 11.5 Å². The first-order valence-electron chi connectivity index (χ1n) is 6.17. The Morgan fingerprint density at radius 1 is 1.16 bits per heavy atom. The number of aryl methyl sites for hydroxylation is 1. The van der Waals surface area contributed by atoms with Gasteiger partial charge in [-0.05, 0) is 48.9 Å². The third-order valence-electron chi connectivity index (χ3n) is 2.81. The highest BCUT2D eigenvalue weighted by molar-refractivity contribution is 6.32. The second-order valence-electron chi connectivity index (χ2n) is 4.34. The van der Waals surface area contributed by atoms with E-state index in [0.29, 0.717) is 28.5 Å². The van der Waals surface area contributed by atoms with Gasteiger partial charge >= 0.3 is 0 Å². The molecule has 2 rings (SSSR count). The Bertz CT molecular complexity index is 588. The molecule has 0 saturated heterocycles. The zero-order valence-electron chi connectivity index (χ0n) is 10.9. The second-order valence-corrected chi connectivity index (χ2v) is 4.74. The Morgan fingerprint density at radius 3 is 2.47 bits per heavy atom. The summed E-state index contributed by atoms with van der Waals surface area (Å²) < 4.78 is 5.72. The van der Waals surface area contributed by atoms with Crippen LogP contribution in [0.1, 0.15) is 29.3 Å². The number of carbonyl (C=O) groups excluding carboxylic acids is 1. The predicted octanol–water partition coefficient (Wildman–Crippen LogP) is 5.03. The zero-order chi connectivity index (χ0) is 13.8. The van der Waals surface area contributed by atoms with Gasteiger partial charge < -0.3 is 4.74 Å². The third kappa shape index (κ3) is 3.36. The summed E-state index contributed by atoms with van der Waals surface area (Å²) in [7, 11) is 0. The fourth-order valence-corrected chi connectivity index (χ4v) is 1.88. The van der Waals surface area contributed by atoms with Crippen molar-refractivity contribution in [1.29, 1.82) is 0 Å². The van der Waals surface area contributed by atoms with Gasteiger partial charge in [0.2, 0.25) is 0 Å². The molecule has 0 spiro atoms. The summed E-state index contributed by atoms with van der Waals surface area (Å²) in [6, 6.07) is 12.7. The van der Waals surface area contributed by atoms with Crippen LogP contribution in [0.15, 0.2) is 42.5 Å². The highest BCUT2D eigenvalue weighted by Gasteiger charge is 2.06. The molecular formula is C16H15ClO2. The van der Waals surface area contributed by atoms with Crippen molar-refractivity contribution in [2.75, 3.05) is 0 Å². The van der Waals surface area contributed by atoms with Crippen LogP contribution in [0.5, 0.6) is 11.5 Å². The molecule has 0 saturated carbocycles. The molecule has 0 radical (unpaired) electrons. The number of ether oxygens (including phenoxy) is 1. The fraction of sp³-hybridized carbons (Fsp3) is 0.188. The van der Waals surface area contributed by atoms with Gasteiger partial charge in [-0.3, -0.25) is 4.79 Å². The molecule has 0 bridgehead atoms. The number of halogens is 1. The largest absolute Gasteiger partial charge is 0.456 e. The van der Waals surface area contributed by atoms with Crippen LogP contribution in [0.3, 0.4) is 0 Å². The Hall–Kier alpha value is -1.80. The molecule has 2 aromatic carbocycles. The van der Waals surface area contributed by atoms with Crippen molar-refractivity contribution in [1.82, 2.24) is 0 Å². The molecule has 0 aromatic heterocycles. The lowest BCUT2D eigenvalue weighted by Gasteiger charge is -2.08. The van der Waals surface area contributed by atoms with Crippen molar-refractivity contribution in [3.8, 4) is 11.5 Å². The Morgan fingerprint density at radius 2 is 1.84 bits per heavy atom. The summed E-state index contributed by atoms with van der Waals surface area (Å²) in [6.45, 7) is 3.82. The first-order valence-corrected chi connectivity index (χ1v) is 6.55. The van der Waals surface area contributed by atoms with Gasteiger partial charge in [0.05, 0.1) is 5.02 Å². The summed E-state index contributed by atoms with van der Waals surface area (Å²) in [5, 5.41) is 0.569. The lowest BCUT2D eigenvalue weighted by molar-refractivity contribution is 0.0988. The molecule has 2 nitrogen and oxygen atoms in total. The van der Waals surface area contributed by atoms with Gasteiger partial charge in [-0.25, -0.2) is 0 Å². The maximum absolute atomic E-state index is 11.5. The van der Waals surface area contributed by atoms with E-state index >= 15 is 0 Å². The smallest absolute Gasteiger partial charge is 0.162 e. The fourth-order valence-electron chi connectivity index (χ4n) is 1.73. The number of benzene rings is 2. The minimum atomic E-state index is 0.125. The van der Waals surface area contributed by atoms with Gasteiger partial charge in [-0.15, -0.1) is 0 Å². The first-order chi connectivity index (χ1) is 9.10. The van der Waals surface area contributed by atoms with E-state index in [2.05, 4.69) is 0 Å². The van der Waals surface area contributed by atoms with Crippen molar-refractivity contribution < 1.29 is 9.53 Å². The molecule has 0 fully saturated rings. The Balaban J connectivity index is 2.19. The summed E-state index contributed by atoms with van der Waals surface area (Å²) in [6.07, 6.45) is 0.504. The Labute approximate surface area is 118 Å². The van der Waals surface area contributed by atoms with Crippen molar-refractivity contribution >= 4 is 17.4 Å². The van der Waals surface area contributed by atoms with Gasteiger partial charge in [0.25, 0.3) is 0 Å². The number of hydrogen-bond acceptors (Lipinski definition) is 2. The lowest BCUT2D eigenvalue weighted by atomic mass is 10.1. The average Bonchev–Trinajstić information content (AvgIpc) is 2.43. The second kappa shape index (κ2) is 5.89. The molecule has 0 aliphatic carbocycles. The number of hydrogen-bond donors (Lipinski definition) is 0. The molecule has 0 N–H and O–H groups in total. The molecular weight excluding hydrogens is 260 g/mol. The van der Waals surface area contributed by atoms with E-state index in [1.165, 1.54) is 0 Å². The van der Waals surface area contributed by atoms with Crippen LogP contribution in [0.2, 0.25) is 5.02 Å². The van der Waals surface area contributed by atoms with Crippen molar-refractivity contribution in [3.63, 3.8) is 0 Å². The van der Waals surface area contributed by atoms with E-state index < -0.39 is 0 Å². The Kier molecular flexibility index (Phi) is 4.23. The van der Waals surface area contributed by atoms with Crippen LogP contribution in [-0.2, 0) is 0 Å². The topological polar surface area (TPSA) is 26.3 Å². The molecule has 0 aliphatic heterocycles. The minimum absolute atomic E-state index is 0.125. The number of carbonyl (C=O) groups is 1. The summed E-state index contributed by atoms with van der Waals surface area (Å²) in [4.78, 5) is 11.5. The highest BCUT2D eigenvalue weighted by Crippen LogP contribution is 2.30. The van der Waals surface area contributed by atoms with Crippen LogP contribution >= 0.6 is 11.6 Å². The van der Waals surface area contributed by atoms with Crippen LogP contribution < -0.4 is 4.74 Å². The van der Waals surface area contributed by atoms with E-state index in [4.69, 9.17) is 16.3 Å². The van der Waals surface area contributed by atoms with Crippen molar-refractivity contribution in [2.45, 2.75) is 20.3 Å². The highest BCUT2D eigenvalue weighted by atomic mass is 35.5. The van der Waals surface area contributed by atoms with E-state index in [1.54, 1.807) is 30.3 Å². The SMILES string of the molecule is CCC(=O)c1ccc(Oc2cc(C)ccc2Cl)cc1. The number of Topliss-reactive ketones (excluding diaryl/α,β-unsaturated/α-hetero) is 1. The summed E-state index contributed by atoms with van der Waals surface area (Å²) >= 11 is 6.07. The molecule has 0 amide bonds. The molecule has 2 aromatic rings. The number of rotatable bonds is 4. The van der Waals surface area contributed by atoms with Crippen LogP contribution in [0.25, 0.3) is 0 Å². The minimum Gasteiger partial charge on any atom is -0.456 e. The normalized spacial score (nSPS) is 10.3. The summed E-state index contributed by atoms with van der Waals surface area (Å²) in [5.41, 5.74) is 1.78. The van der Waals surface area contributed by atoms with E-state index in [0.717, 1.165) is 5.56 Å². The monoisotopic (exact) mass is 274 g/mol.